The lowest BCUT2D eigenvalue weighted by molar-refractivity contribution is -0.144. The maximum absolute atomic E-state index is 12.9. The van der Waals surface area contributed by atoms with Crippen LogP contribution in [-0.2, 0) is 27.8 Å². The number of thioether (sulfide) groups is 1. The number of esters is 1. The van der Waals surface area contributed by atoms with Crippen molar-refractivity contribution in [2.75, 3.05) is 11.9 Å². The highest BCUT2D eigenvalue weighted by molar-refractivity contribution is 8.01. The molecule has 1 saturated carbocycles. The average Bonchev–Trinajstić information content (AvgIpc) is 3.30. The molecule has 2 atom stereocenters. The summed E-state index contributed by atoms with van der Waals surface area (Å²) in [6, 6.07) is 6.15. The van der Waals surface area contributed by atoms with Crippen molar-refractivity contribution in [2.24, 2.45) is 17.5 Å². The van der Waals surface area contributed by atoms with Gasteiger partial charge in [0.05, 0.1) is 27.6 Å². The molecular weight excluding hydrogens is 561 g/mol. The number of hydrogen-bond donors (Lipinski definition) is 1. The van der Waals surface area contributed by atoms with Gasteiger partial charge in [0.2, 0.25) is 0 Å². The van der Waals surface area contributed by atoms with Crippen LogP contribution in [0.25, 0.3) is 0 Å². The second-order valence-corrected chi connectivity index (χ2v) is 11.3. The van der Waals surface area contributed by atoms with Gasteiger partial charge in [-0.05, 0) is 38.5 Å². The quantitative estimate of drug-likeness (QED) is 0.348. The first-order valence-electron chi connectivity index (χ1n) is 12.1. The molecule has 0 bridgehead atoms. The number of pyridine rings is 1. The fourth-order valence-corrected chi connectivity index (χ4v) is 6.06. The molecule has 1 fully saturated rings. The van der Waals surface area contributed by atoms with Gasteiger partial charge in [-0.1, -0.05) is 47.1 Å². The van der Waals surface area contributed by atoms with Gasteiger partial charge >= 0.3 is 5.97 Å². The van der Waals surface area contributed by atoms with Crippen LogP contribution >= 0.6 is 35.0 Å². The summed E-state index contributed by atoms with van der Waals surface area (Å²) in [6.07, 6.45) is 6.42. The molecule has 2 heterocycles. The molecule has 0 saturated heterocycles. The number of Topliss-reactive ketones (excluding diaryl/α,β-unsaturated/α-hetero) is 1. The van der Waals surface area contributed by atoms with Crippen molar-refractivity contribution in [3.8, 4) is 0 Å². The van der Waals surface area contributed by atoms with E-state index < -0.39 is 28.6 Å². The fourth-order valence-electron chi connectivity index (χ4n) is 4.09. The van der Waals surface area contributed by atoms with Crippen molar-refractivity contribution in [1.29, 1.82) is 0 Å². The normalized spacial score (nSPS) is 17.9. The molecule has 2 aromatic heterocycles. The highest BCUT2D eigenvalue weighted by atomic mass is 35.5. The number of ether oxygens (including phenoxy) is 1. The Bertz CT molecular complexity index is 1420. The van der Waals surface area contributed by atoms with E-state index in [9.17, 15) is 14.4 Å². The Morgan fingerprint density at radius 1 is 1.21 bits per heavy atom. The topological polar surface area (TPSA) is 116 Å². The van der Waals surface area contributed by atoms with Gasteiger partial charge in [0, 0.05) is 49.7 Å². The predicted octanol–water partition coefficient (Wildman–Crippen LogP) is 5.06. The molecule has 1 aliphatic rings. The molecule has 0 radical (unpaired) electrons. The monoisotopic (exact) mass is 587 g/mol. The number of amides is 1. The third-order valence-corrected chi connectivity index (χ3v) is 8.17. The second kappa shape index (κ2) is 11.9. The number of aryl methyl sites for hydroxylation is 1. The zero-order valence-electron chi connectivity index (χ0n) is 21.8. The number of hydrogen-bond acceptors (Lipinski definition) is 8. The number of anilines is 1. The lowest BCUT2D eigenvalue weighted by atomic mass is 9.68. The Labute approximate surface area is 240 Å². The zero-order chi connectivity index (χ0) is 28.3. The van der Waals surface area contributed by atoms with Crippen LogP contribution in [0.3, 0.4) is 0 Å². The molecule has 1 unspecified atom stereocenters. The van der Waals surface area contributed by atoms with Crippen LogP contribution in [0.2, 0.25) is 10.0 Å². The third kappa shape index (κ3) is 6.18. The number of aliphatic imine (C=N–C) groups is 1. The average molecular weight is 589 g/mol. The minimum absolute atomic E-state index is 0.0337. The number of carbonyl (C=O) groups excluding carboxylic acids is 3. The summed E-state index contributed by atoms with van der Waals surface area (Å²) >= 11 is 13.5. The predicted molar refractivity (Wildman–Crippen MR) is 152 cm³/mol. The number of ketones is 1. The molecule has 1 amide bonds. The van der Waals surface area contributed by atoms with Gasteiger partial charge in [-0.25, -0.2) is 9.78 Å². The molecule has 12 heteroatoms. The Balaban J connectivity index is 1.53. The van der Waals surface area contributed by atoms with Gasteiger partial charge in [0.1, 0.15) is 5.25 Å². The maximum Gasteiger partial charge on any atom is 0.331 e. The third-order valence-electron chi connectivity index (χ3n) is 6.32. The lowest BCUT2D eigenvalue weighted by Crippen LogP contribution is -2.58. The van der Waals surface area contributed by atoms with E-state index in [0.717, 1.165) is 5.56 Å². The first kappa shape index (κ1) is 28.8. The summed E-state index contributed by atoms with van der Waals surface area (Å²) < 4.78 is 7.14. The molecule has 9 nitrogen and oxygen atoms in total. The van der Waals surface area contributed by atoms with Crippen molar-refractivity contribution >= 4 is 64.0 Å². The van der Waals surface area contributed by atoms with E-state index in [-0.39, 0.29) is 34.4 Å². The molecule has 1 N–H and O–H groups in total. The number of carbonyl (C=O) groups is 3. The summed E-state index contributed by atoms with van der Waals surface area (Å²) in [7, 11) is 1.86. The smallest absolute Gasteiger partial charge is 0.331 e. The summed E-state index contributed by atoms with van der Waals surface area (Å²) in [5.74, 6) is -0.907. The highest BCUT2D eigenvalue weighted by Gasteiger charge is 2.54. The second-order valence-electron chi connectivity index (χ2n) is 9.42. The summed E-state index contributed by atoms with van der Waals surface area (Å²) in [6.45, 7) is 5.56. The van der Waals surface area contributed by atoms with Gasteiger partial charge in [-0.3, -0.25) is 19.6 Å². The largest absolute Gasteiger partial charge is 0.464 e. The van der Waals surface area contributed by atoms with E-state index in [2.05, 4.69) is 15.3 Å². The Kier molecular flexibility index (Phi) is 8.78. The van der Waals surface area contributed by atoms with E-state index in [1.807, 2.05) is 25.5 Å². The van der Waals surface area contributed by atoms with Crippen LogP contribution in [0, 0.1) is 5.41 Å². The van der Waals surface area contributed by atoms with Crippen molar-refractivity contribution in [3.63, 3.8) is 0 Å². The van der Waals surface area contributed by atoms with E-state index in [4.69, 9.17) is 32.9 Å². The number of nitrogens with one attached hydrogen (secondary N) is 1. The molecule has 1 aliphatic carbocycles. The zero-order valence-corrected chi connectivity index (χ0v) is 24.1. The van der Waals surface area contributed by atoms with E-state index >= 15 is 0 Å². The summed E-state index contributed by atoms with van der Waals surface area (Å²) in [5.41, 5.74) is 1.29. The van der Waals surface area contributed by atoms with Gasteiger partial charge in [-0.15, -0.1) is 0 Å². The molecule has 4 rings (SSSR count). The van der Waals surface area contributed by atoms with Crippen LogP contribution in [0.1, 0.15) is 36.7 Å². The highest BCUT2D eigenvalue weighted by Crippen LogP contribution is 2.43. The molecule has 0 spiro atoms. The molecule has 3 aromatic rings. The van der Waals surface area contributed by atoms with Crippen molar-refractivity contribution in [3.05, 3.63) is 70.2 Å². The van der Waals surface area contributed by atoms with Crippen molar-refractivity contribution < 1.29 is 19.1 Å². The van der Waals surface area contributed by atoms with Crippen LogP contribution in [0.15, 0.2) is 59.2 Å². The Hall–Kier alpha value is -3.21. The number of aromatic nitrogens is 3. The number of nitrogens with zero attached hydrogens (tertiary/aromatic N) is 4. The SMILES string of the molecule is CCOC(=O)[C@H](Cc1ccc(NC(=O)c2c(Cl)cncc2Cl)cc1)N=C1C(Sc2nccn2C)C(=O)C1(C)C. The maximum atomic E-state index is 12.9. The van der Waals surface area contributed by atoms with E-state index in [1.54, 1.807) is 43.6 Å². The van der Waals surface area contributed by atoms with Gasteiger partial charge < -0.3 is 14.6 Å². The summed E-state index contributed by atoms with van der Waals surface area (Å²) in [5, 5.41) is 3.21. The molecule has 1 aromatic carbocycles. The van der Waals surface area contributed by atoms with Crippen molar-refractivity contribution in [2.45, 2.75) is 43.6 Å². The van der Waals surface area contributed by atoms with Gasteiger partial charge in [0.15, 0.2) is 17.0 Å². The van der Waals surface area contributed by atoms with E-state index in [1.165, 1.54) is 24.2 Å². The van der Waals surface area contributed by atoms with Crippen LogP contribution in [0.5, 0.6) is 0 Å². The lowest BCUT2D eigenvalue weighted by Gasteiger charge is -2.42. The van der Waals surface area contributed by atoms with E-state index in [0.29, 0.717) is 16.6 Å². The number of imidazole rings is 1. The molecule has 39 heavy (non-hydrogen) atoms. The molecular formula is C27H27Cl2N5O4S. The summed E-state index contributed by atoms with van der Waals surface area (Å²) in [4.78, 5) is 51.4. The molecule has 204 valence electrons. The standard InChI is InChI=1S/C27H27Cl2N5O4S/c1-5-38-25(37)19(33-22-21(23(35)27(22,2)3)39-26-31-10-11-34(26)4)12-15-6-8-16(9-7-15)32-24(36)20-17(28)13-30-14-18(20)29/h6-11,13-14,19,21H,5,12H2,1-4H3,(H,32,36)/t19-,21?/m0/s1. The number of halogens is 2. The van der Waals surface area contributed by atoms with Crippen molar-refractivity contribution in [1.82, 2.24) is 14.5 Å². The fraction of sp³-hybridized carbons (Fsp3) is 0.333. The van der Waals surface area contributed by atoms with Crippen LogP contribution < -0.4 is 5.32 Å². The number of rotatable bonds is 9. The number of benzene rings is 1. The first-order chi connectivity index (χ1) is 18.5. The Morgan fingerprint density at radius 3 is 2.46 bits per heavy atom. The van der Waals surface area contributed by atoms with Gasteiger partial charge in [0.25, 0.3) is 5.91 Å². The van der Waals surface area contributed by atoms with Crippen LogP contribution in [0.4, 0.5) is 5.69 Å². The first-order valence-corrected chi connectivity index (χ1v) is 13.8. The van der Waals surface area contributed by atoms with Gasteiger partial charge in [-0.2, -0.15) is 0 Å². The minimum atomic E-state index is -0.841. The molecule has 0 aliphatic heterocycles. The van der Waals surface area contributed by atoms with Crippen LogP contribution in [-0.4, -0.2) is 55.8 Å². The Morgan fingerprint density at radius 2 is 1.87 bits per heavy atom. The minimum Gasteiger partial charge on any atom is -0.464 e.